The first-order chi connectivity index (χ1) is 9.67. The van der Waals surface area contributed by atoms with Gasteiger partial charge in [0.05, 0.1) is 0 Å². The molecule has 0 aromatic carbocycles. The van der Waals surface area contributed by atoms with Crippen LogP contribution in [0.1, 0.15) is 30.2 Å². The minimum absolute atomic E-state index is 0.222. The van der Waals surface area contributed by atoms with Gasteiger partial charge >= 0.3 is 0 Å². The quantitative estimate of drug-likeness (QED) is 0.850. The average Bonchev–Trinajstić information content (AvgIpc) is 2.96. The van der Waals surface area contributed by atoms with Crippen LogP contribution >= 0.6 is 0 Å². The fraction of sp³-hybridized carbons (Fsp3) is 0.385. The van der Waals surface area contributed by atoms with Crippen LogP contribution in [0.4, 0.5) is 5.82 Å². The molecule has 0 aliphatic heterocycles. The fourth-order valence-electron chi connectivity index (χ4n) is 1.73. The second kappa shape index (κ2) is 6.14. The highest BCUT2D eigenvalue weighted by Crippen LogP contribution is 2.11. The number of hydrogen-bond donors (Lipinski definition) is 2. The van der Waals surface area contributed by atoms with Crippen molar-refractivity contribution in [2.75, 3.05) is 18.9 Å². The van der Waals surface area contributed by atoms with Crippen LogP contribution in [0.25, 0.3) is 5.82 Å². The molecule has 2 rings (SSSR count). The molecule has 0 bridgehead atoms. The minimum Gasteiger partial charge on any atom is -0.370 e. The van der Waals surface area contributed by atoms with E-state index in [0.717, 1.165) is 24.6 Å². The number of aromatic nitrogens is 4. The Balaban J connectivity index is 2.38. The number of anilines is 1. The molecule has 0 atom stereocenters. The van der Waals surface area contributed by atoms with Gasteiger partial charge in [0.25, 0.3) is 5.91 Å². The van der Waals surface area contributed by atoms with E-state index >= 15 is 0 Å². The normalized spacial score (nSPS) is 10.3. The Morgan fingerprint density at radius 2 is 2.15 bits per heavy atom. The lowest BCUT2D eigenvalue weighted by atomic mass is 10.4. The highest BCUT2D eigenvalue weighted by Gasteiger charge is 2.10. The van der Waals surface area contributed by atoms with Crippen LogP contribution in [0.5, 0.6) is 0 Å². The monoisotopic (exact) mass is 274 g/mol. The number of hydrogen-bond acceptors (Lipinski definition) is 5. The number of carbonyl (C=O) groups excluding carboxylic acids is 1. The summed E-state index contributed by atoms with van der Waals surface area (Å²) in [4.78, 5) is 20.3. The van der Waals surface area contributed by atoms with Crippen molar-refractivity contribution in [3.63, 3.8) is 0 Å². The van der Waals surface area contributed by atoms with Crippen LogP contribution in [0, 0.1) is 0 Å². The van der Waals surface area contributed by atoms with Gasteiger partial charge in [-0.1, -0.05) is 6.92 Å². The molecule has 1 amide bonds. The fourth-order valence-corrected chi connectivity index (χ4v) is 1.73. The molecule has 2 aromatic heterocycles. The van der Waals surface area contributed by atoms with E-state index in [1.165, 1.54) is 0 Å². The Morgan fingerprint density at radius 1 is 1.35 bits per heavy atom. The first-order valence-corrected chi connectivity index (χ1v) is 6.57. The first-order valence-electron chi connectivity index (χ1n) is 6.57. The van der Waals surface area contributed by atoms with Crippen LogP contribution in [0.15, 0.2) is 18.3 Å². The van der Waals surface area contributed by atoms with Crippen LogP contribution in [-0.4, -0.2) is 39.2 Å². The SMILES string of the molecule is CCNc1cc(-n2ccc(C(=O)NC)n2)nc(CC)n1. The maximum Gasteiger partial charge on any atom is 0.271 e. The summed E-state index contributed by atoms with van der Waals surface area (Å²) in [7, 11) is 1.57. The van der Waals surface area contributed by atoms with Gasteiger partial charge in [0.2, 0.25) is 0 Å². The average molecular weight is 274 g/mol. The Hall–Kier alpha value is -2.44. The second-order valence-electron chi connectivity index (χ2n) is 4.14. The molecule has 2 heterocycles. The van der Waals surface area contributed by atoms with Crippen LogP contribution < -0.4 is 10.6 Å². The zero-order valence-electron chi connectivity index (χ0n) is 11.8. The van der Waals surface area contributed by atoms with Gasteiger partial charge in [0.15, 0.2) is 11.5 Å². The van der Waals surface area contributed by atoms with Crippen molar-refractivity contribution in [1.29, 1.82) is 0 Å². The summed E-state index contributed by atoms with van der Waals surface area (Å²) >= 11 is 0. The smallest absolute Gasteiger partial charge is 0.271 e. The van der Waals surface area contributed by atoms with Crippen LogP contribution in [0.3, 0.4) is 0 Å². The minimum atomic E-state index is -0.222. The van der Waals surface area contributed by atoms with Gasteiger partial charge in [-0.05, 0) is 13.0 Å². The lowest BCUT2D eigenvalue weighted by Gasteiger charge is -2.07. The van der Waals surface area contributed by atoms with Crippen molar-refractivity contribution in [1.82, 2.24) is 25.1 Å². The molecule has 0 aliphatic rings. The molecule has 0 saturated heterocycles. The van der Waals surface area contributed by atoms with Gasteiger partial charge < -0.3 is 10.6 Å². The molecule has 0 radical (unpaired) electrons. The molecule has 106 valence electrons. The predicted molar refractivity (Wildman–Crippen MR) is 76.1 cm³/mol. The van der Waals surface area contributed by atoms with E-state index in [-0.39, 0.29) is 5.91 Å². The molecule has 0 spiro atoms. The second-order valence-corrected chi connectivity index (χ2v) is 4.14. The Bertz CT molecular complexity index is 607. The number of nitrogens with one attached hydrogen (secondary N) is 2. The van der Waals surface area contributed by atoms with Gasteiger partial charge in [0, 0.05) is 32.3 Å². The third kappa shape index (κ3) is 2.93. The summed E-state index contributed by atoms with van der Waals surface area (Å²) in [5.41, 5.74) is 0.356. The lowest BCUT2D eigenvalue weighted by molar-refractivity contribution is 0.0957. The molecule has 0 fully saturated rings. The van der Waals surface area contributed by atoms with Crippen molar-refractivity contribution < 1.29 is 4.79 Å². The van der Waals surface area contributed by atoms with Gasteiger partial charge in [-0.3, -0.25) is 4.79 Å². The Morgan fingerprint density at radius 3 is 2.80 bits per heavy atom. The first kappa shape index (κ1) is 14.0. The highest BCUT2D eigenvalue weighted by atomic mass is 16.1. The van der Waals surface area contributed by atoms with Gasteiger partial charge in [-0.15, -0.1) is 0 Å². The summed E-state index contributed by atoms with van der Waals surface area (Å²) < 4.78 is 1.58. The standard InChI is InChI=1S/C13H18N6O/c1-4-10-16-11(15-5-2)8-12(17-10)19-7-6-9(18-19)13(20)14-3/h6-8H,4-5H2,1-3H3,(H,14,20)(H,15,16,17). The molecule has 0 unspecified atom stereocenters. The molecule has 0 saturated carbocycles. The molecule has 7 nitrogen and oxygen atoms in total. The summed E-state index contributed by atoms with van der Waals surface area (Å²) in [6, 6.07) is 3.46. The number of amides is 1. The van der Waals surface area contributed by atoms with E-state index in [9.17, 15) is 4.79 Å². The molecular formula is C13H18N6O. The van der Waals surface area contributed by atoms with E-state index in [1.54, 1.807) is 24.0 Å². The van der Waals surface area contributed by atoms with E-state index in [1.807, 2.05) is 19.9 Å². The maximum atomic E-state index is 11.5. The van der Waals surface area contributed by atoms with Crippen molar-refractivity contribution in [3.8, 4) is 5.82 Å². The third-order valence-corrected chi connectivity index (χ3v) is 2.72. The van der Waals surface area contributed by atoms with E-state index < -0.39 is 0 Å². The predicted octanol–water partition coefficient (Wildman–Crippen LogP) is 1.02. The zero-order chi connectivity index (χ0) is 14.5. The number of carbonyl (C=O) groups is 1. The summed E-state index contributed by atoms with van der Waals surface area (Å²) in [5, 5.41) is 9.92. The van der Waals surface area contributed by atoms with Crippen molar-refractivity contribution >= 4 is 11.7 Å². The Kier molecular flexibility index (Phi) is 4.29. The maximum absolute atomic E-state index is 11.5. The molecule has 2 aromatic rings. The van der Waals surface area contributed by atoms with Crippen LogP contribution in [-0.2, 0) is 6.42 Å². The topological polar surface area (TPSA) is 84.7 Å². The van der Waals surface area contributed by atoms with Crippen molar-refractivity contribution in [2.45, 2.75) is 20.3 Å². The number of nitrogens with zero attached hydrogens (tertiary/aromatic N) is 4. The van der Waals surface area contributed by atoms with E-state index in [2.05, 4.69) is 25.7 Å². The number of aryl methyl sites for hydroxylation is 1. The molecule has 20 heavy (non-hydrogen) atoms. The third-order valence-electron chi connectivity index (χ3n) is 2.72. The molecule has 2 N–H and O–H groups in total. The van der Waals surface area contributed by atoms with Crippen LogP contribution in [0.2, 0.25) is 0 Å². The summed E-state index contributed by atoms with van der Waals surface area (Å²) in [6.07, 6.45) is 2.44. The van der Waals surface area contributed by atoms with E-state index in [0.29, 0.717) is 11.5 Å². The Labute approximate surface area is 117 Å². The summed E-state index contributed by atoms with van der Waals surface area (Å²) in [5.74, 6) is 1.91. The van der Waals surface area contributed by atoms with Gasteiger partial charge in [0.1, 0.15) is 11.6 Å². The molecule has 0 aliphatic carbocycles. The molecule has 7 heteroatoms. The largest absolute Gasteiger partial charge is 0.370 e. The lowest BCUT2D eigenvalue weighted by Crippen LogP contribution is -2.18. The van der Waals surface area contributed by atoms with Crippen molar-refractivity contribution in [3.05, 3.63) is 29.8 Å². The number of rotatable bonds is 5. The molecular weight excluding hydrogens is 256 g/mol. The van der Waals surface area contributed by atoms with E-state index in [4.69, 9.17) is 0 Å². The zero-order valence-corrected chi connectivity index (χ0v) is 11.8. The van der Waals surface area contributed by atoms with Gasteiger partial charge in [-0.2, -0.15) is 5.10 Å². The summed E-state index contributed by atoms with van der Waals surface area (Å²) in [6.45, 7) is 4.78. The highest BCUT2D eigenvalue weighted by molar-refractivity contribution is 5.91. The van der Waals surface area contributed by atoms with Gasteiger partial charge in [-0.25, -0.2) is 14.6 Å². The van der Waals surface area contributed by atoms with Crippen molar-refractivity contribution in [2.24, 2.45) is 0 Å².